The molecule has 0 spiro atoms. The Bertz CT molecular complexity index is 1400. The number of aliphatic hydroxyl groups is 1. The average Bonchev–Trinajstić information content (AvgIpc) is 3.37. The summed E-state index contributed by atoms with van der Waals surface area (Å²) in [6.07, 6.45) is 3.07. The summed E-state index contributed by atoms with van der Waals surface area (Å²) < 4.78 is 0.912. The van der Waals surface area contributed by atoms with E-state index in [1.165, 1.54) is 28.6 Å². The molecule has 4 aromatic rings. The van der Waals surface area contributed by atoms with Gasteiger partial charge in [0.2, 0.25) is 0 Å². The van der Waals surface area contributed by atoms with Crippen molar-refractivity contribution >= 4 is 44.1 Å². The van der Waals surface area contributed by atoms with E-state index in [-0.39, 0.29) is 16.7 Å². The van der Waals surface area contributed by atoms with Crippen molar-refractivity contribution in [1.82, 2.24) is 9.97 Å². The van der Waals surface area contributed by atoms with Crippen LogP contribution in [0.1, 0.15) is 43.5 Å². The van der Waals surface area contributed by atoms with E-state index in [2.05, 4.69) is 30.7 Å². The summed E-state index contributed by atoms with van der Waals surface area (Å²) in [5.74, 6) is -1.67. The Balaban J connectivity index is 1.72. The van der Waals surface area contributed by atoms with Crippen molar-refractivity contribution in [3.63, 3.8) is 0 Å². The Morgan fingerprint density at radius 2 is 1.65 bits per heavy atom. The zero-order chi connectivity index (χ0) is 24.0. The molecule has 1 amide bonds. The third-order valence-electron chi connectivity index (χ3n) is 5.98. The molecule has 1 aliphatic rings. The molecule has 1 saturated heterocycles. The highest BCUT2D eigenvalue weighted by atomic mass is 32.1. The van der Waals surface area contributed by atoms with Crippen LogP contribution in [-0.2, 0) is 15.0 Å². The molecule has 0 radical (unpaired) electrons. The standard InChI is InChI=1S/C27H23N3O3S/c1-27(2,3)18-10-8-16(9-11-18)22-21(23(31)17-12-14-28-15-13-17)24(32)25(33)30(22)26-29-19-6-4-5-7-20(19)34-26/h4-15,22,31H,1-3H3/b23-21+. The molecule has 34 heavy (non-hydrogen) atoms. The molecule has 7 heteroatoms. The molecule has 1 N–H and O–H groups in total. The van der Waals surface area contributed by atoms with Crippen LogP contribution in [0.2, 0.25) is 0 Å². The highest BCUT2D eigenvalue weighted by molar-refractivity contribution is 7.22. The van der Waals surface area contributed by atoms with Crippen LogP contribution in [-0.4, -0.2) is 26.8 Å². The van der Waals surface area contributed by atoms with Gasteiger partial charge in [-0.1, -0.05) is 68.5 Å². The van der Waals surface area contributed by atoms with E-state index in [0.717, 1.165) is 21.3 Å². The molecule has 0 aliphatic carbocycles. The first kappa shape index (κ1) is 22.0. The number of hydrogen-bond acceptors (Lipinski definition) is 6. The fraction of sp³-hybridized carbons (Fsp3) is 0.185. The van der Waals surface area contributed by atoms with E-state index in [9.17, 15) is 14.7 Å². The SMILES string of the molecule is CC(C)(C)c1ccc(C2/C(=C(\O)c3ccncc3)C(=O)C(=O)N2c2nc3ccccc3s2)cc1. The molecule has 0 saturated carbocycles. The van der Waals surface area contributed by atoms with E-state index in [4.69, 9.17) is 0 Å². The fourth-order valence-corrected chi connectivity index (χ4v) is 5.13. The predicted octanol–water partition coefficient (Wildman–Crippen LogP) is 5.62. The van der Waals surface area contributed by atoms with Crippen LogP contribution in [0, 0.1) is 0 Å². The van der Waals surface area contributed by atoms with Crippen molar-refractivity contribution in [3.05, 3.63) is 95.3 Å². The van der Waals surface area contributed by atoms with Crippen molar-refractivity contribution in [2.45, 2.75) is 32.2 Å². The van der Waals surface area contributed by atoms with Gasteiger partial charge in [-0.2, -0.15) is 0 Å². The summed E-state index contributed by atoms with van der Waals surface area (Å²) in [6, 6.07) is 17.8. The number of pyridine rings is 1. The summed E-state index contributed by atoms with van der Waals surface area (Å²) in [6.45, 7) is 6.37. The molecular weight excluding hydrogens is 446 g/mol. The lowest BCUT2D eigenvalue weighted by molar-refractivity contribution is -0.132. The Labute approximate surface area is 201 Å². The van der Waals surface area contributed by atoms with Gasteiger partial charge in [-0.25, -0.2) is 4.98 Å². The fourth-order valence-electron chi connectivity index (χ4n) is 4.14. The van der Waals surface area contributed by atoms with Crippen LogP contribution in [0.5, 0.6) is 0 Å². The van der Waals surface area contributed by atoms with Crippen LogP contribution in [0.4, 0.5) is 5.13 Å². The number of fused-ring (bicyclic) bond motifs is 1. The maximum absolute atomic E-state index is 13.3. The van der Waals surface area contributed by atoms with Gasteiger partial charge in [-0.3, -0.25) is 19.5 Å². The van der Waals surface area contributed by atoms with Crippen LogP contribution in [0.3, 0.4) is 0 Å². The lowest BCUT2D eigenvalue weighted by Crippen LogP contribution is -2.29. The number of thiazole rings is 1. The first-order valence-corrected chi connectivity index (χ1v) is 11.7. The van der Waals surface area contributed by atoms with E-state index < -0.39 is 17.7 Å². The minimum absolute atomic E-state index is 0.0407. The number of nitrogens with zero attached hydrogens (tertiary/aromatic N) is 3. The third-order valence-corrected chi connectivity index (χ3v) is 7.01. The number of carbonyl (C=O) groups excluding carboxylic acids is 2. The second kappa shape index (κ2) is 8.18. The molecule has 0 bridgehead atoms. The van der Waals surface area contributed by atoms with Crippen LogP contribution in [0.25, 0.3) is 16.0 Å². The van der Waals surface area contributed by atoms with Crippen molar-refractivity contribution < 1.29 is 14.7 Å². The van der Waals surface area contributed by atoms with E-state index >= 15 is 0 Å². The van der Waals surface area contributed by atoms with E-state index in [1.807, 2.05) is 48.5 Å². The Morgan fingerprint density at radius 1 is 0.971 bits per heavy atom. The zero-order valence-electron chi connectivity index (χ0n) is 19.0. The first-order chi connectivity index (χ1) is 16.3. The Hall–Kier alpha value is -3.84. The van der Waals surface area contributed by atoms with Gasteiger partial charge < -0.3 is 5.11 Å². The van der Waals surface area contributed by atoms with Crippen molar-refractivity contribution in [2.75, 3.05) is 4.90 Å². The predicted molar refractivity (Wildman–Crippen MR) is 134 cm³/mol. The third kappa shape index (κ3) is 3.68. The summed E-state index contributed by atoms with van der Waals surface area (Å²) in [4.78, 5) is 36.6. The summed E-state index contributed by atoms with van der Waals surface area (Å²) in [7, 11) is 0. The van der Waals surface area contributed by atoms with E-state index in [1.54, 1.807) is 12.1 Å². The summed E-state index contributed by atoms with van der Waals surface area (Å²) >= 11 is 1.34. The maximum atomic E-state index is 13.3. The number of para-hydroxylation sites is 1. The summed E-state index contributed by atoms with van der Waals surface area (Å²) in [5.41, 5.74) is 3.02. The molecule has 170 valence electrons. The minimum Gasteiger partial charge on any atom is -0.507 e. The number of aliphatic hydroxyl groups excluding tert-OH is 1. The number of rotatable bonds is 3. The Kier molecular flexibility index (Phi) is 5.29. The molecular formula is C27H23N3O3S. The van der Waals surface area contributed by atoms with Crippen molar-refractivity contribution in [3.8, 4) is 0 Å². The van der Waals surface area contributed by atoms with Gasteiger partial charge in [0.15, 0.2) is 5.13 Å². The van der Waals surface area contributed by atoms with Crippen LogP contribution >= 0.6 is 11.3 Å². The van der Waals surface area contributed by atoms with Gasteiger partial charge >= 0.3 is 5.91 Å². The van der Waals surface area contributed by atoms with Gasteiger partial charge in [-0.05, 0) is 40.8 Å². The lowest BCUT2D eigenvalue weighted by atomic mass is 9.85. The number of ketones is 1. The molecule has 5 rings (SSSR count). The smallest absolute Gasteiger partial charge is 0.301 e. The molecule has 2 aromatic carbocycles. The highest BCUT2D eigenvalue weighted by Crippen LogP contribution is 2.44. The largest absolute Gasteiger partial charge is 0.507 e. The van der Waals surface area contributed by atoms with Crippen molar-refractivity contribution in [1.29, 1.82) is 0 Å². The molecule has 1 atom stereocenters. The Morgan fingerprint density at radius 3 is 2.29 bits per heavy atom. The number of amides is 1. The molecule has 1 aliphatic heterocycles. The maximum Gasteiger partial charge on any atom is 0.301 e. The number of benzene rings is 2. The molecule has 6 nitrogen and oxygen atoms in total. The monoisotopic (exact) mass is 469 g/mol. The number of aromatic nitrogens is 2. The molecule has 3 heterocycles. The summed E-state index contributed by atoms with van der Waals surface area (Å²) in [5, 5.41) is 11.6. The van der Waals surface area contributed by atoms with Crippen LogP contribution in [0.15, 0.2) is 78.6 Å². The van der Waals surface area contributed by atoms with Gasteiger partial charge in [0.25, 0.3) is 5.78 Å². The number of Topliss-reactive ketones (excluding diaryl/α,β-unsaturated/α-hetero) is 1. The molecule has 1 fully saturated rings. The van der Waals surface area contributed by atoms with Gasteiger partial charge in [0, 0.05) is 18.0 Å². The normalized spacial score (nSPS) is 18.1. The first-order valence-electron chi connectivity index (χ1n) is 10.9. The zero-order valence-corrected chi connectivity index (χ0v) is 19.8. The van der Waals surface area contributed by atoms with Gasteiger partial charge in [-0.15, -0.1) is 0 Å². The van der Waals surface area contributed by atoms with E-state index in [0.29, 0.717) is 10.7 Å². The second-order valence-electron chi connectivity index (χ2n) is 9.24. The quantitative estimate of drug-likeness (QED) is 0.239. The number of carbonyl (C=O) groups is 2. The lowest BCUT2D eigenvalue weighted by Gasteiger charge is -2.24. The number of hydrogen-bond donors (Lipinski definition) is 1. The minimum atomic E-state index is -0.803. The van der Waals surface area contributed by atoms with Crippen molar-refractivity contribution in [2.24, 2.45) is 0 Å². The molecule has 2 aromatic heterocycles. The van der Waals surface area contributed by atoms with Gasteiger partial charge in [0.1, 0.15) is 5.76 Å². The topological polar surface area (TPSA) is 83.4 Å². The van der Waals surface area contributed by atoms with Crippen LogP contribution < -0.4 is 4.90 Å². The highest BCUT2D eigenvalue weighted by Gasteiger charge is 2.48. The molecule has 1 unspecified atom stereocenters. The second-order valence-corrected chi connectivity index (χ2v) is 10.3. The van der Waals surface area contributed by atoms with Gasteiger partial charge in [0.05, 0.1) is 21.8 Å². The number of anilines is 1. The average molecular weight is 470 g/mol.